The van der Waals surface area contributed by atoms with Crippen LogP contribution in [0.25, 0.3) is 5.76 Å². The molecule has 0 aliphatic rings. The van der Waals surface area contributed by atoms with Crippen LogP contribution in [0, 0.1) is 0 Å². The predicted molar refractivity (Wildman–Crippen MR) is 51.8 cm³/mol. The van der Waals surface area contributed by atoms with E-state index in [1.807, 2.05) is 20.2 Å². The van der Waals surface area contributed by atoms with E-state index in [1.165, 1.54) is 0 Å². The van der Waals surface area contributed by atoms with Crippen molar-refractivity contribution in [3.05, 3.63) is 24.0 Å². The van der Waals surface area contributed by atoms with Gasteiger partial charge in [-0.3, -0.25) is 4.68 Å². The van der Waals surface area contributed by atoms with Crippen LogP contribution in [0.1, 0.15) is 18.2 Å². The van der Waals surface area contributed by atoms with Gasteiger partial charge in [0.1, 0.15) is 11.5 Å². The highest BCUT2D eigenvalue weighted by Gasteiger charge is 2.09. The zero-order valence-corrected chi connectivity index (χ0v) is 8.08. The van der Waals surface area contributed by atoms with Crippen molar-refractivity contribution in [2.75, 3.05) is 6.61 Å². The molecule has 0 saturated carbocycles. The number of aryl methyl sites for hydroxylation is 1. The van der Waals surface area contributed by atoms with E-state index in [2.05, 4.69) is 11.7 Å². The van der Waals surface area contributed by atoms with Crippen LogP contribution in [0.2, 0.25) is 0 Å². The van der Waals surface area contributed by atoms with E-state index in [9.17, 15) is 0 Å². The third kappa shape index (κ3) is 2.09. The lowest BCUT2D eigenvalue weighted by Crippen LogP contribution is -2.00. The highest BCUT2D eigenvalue weighted by molar-refractivity contribution is 5.56. The van der Waals surface area contributed by atoms with Crippen LogP contribution in [-0.4, -0.2) is 16.4 Å². The van der Waals surface area contributed by atoms with Gasteiger partial charge in [-0.15, -0.1) is 0 Å². The van der Waals surface area contributed by atoms with Crippen molar-refractivity contribution in [3.63, 3.8) is 0 Å². The highest BCUT2D eigenvalue weighted by atomic mass is 16.5. The molecule has 0 amide bonds. The Morgan fingerprint density at radius 2 is 2.46 bits per heavy atom. The highest BCUT2D eigenvalue weighted by Crippen LogP contribution is 2.15. The van der Waals surface area contributed by atoms with Gasteiger partial charge in [0.15, 0.2) is 0 Å². The molecule has 2 N–H and O–H groups in total. The molecule has 1 aromatic rings. The lowest BCUT2D eigenvalue weighted by atomic mass is 10.2. The molecule has 0 fully saturated rings. The maximum Gasteiger partial charge on any atom is 0.139 e. The third-order valence-corrected chi connectivity index (χ3v) is 1.71. The van der Waals surface area contributed by atoms with E-state index in [1.54, 1.807) is 4.68 Å². The Labute approximate surface area is 78.0 Å². The lowest BCUT2D eigenvalue weighted by Gasteiger charge is -2.04. The van der Waals surface area contributed by atoms with Crippen LogP contribution in [-0.2, 0) is 18.3 Å². The molecule has 0 bridgehead atoms. The minimum Gasteiger partial charge on any atom is -0.492 e. The van der Waals surface area contributed by atoms with Gasteiger partial charge in [0.25, 0.3) is 0 Å². The van der Waals surface area contributed by atoms with Crippen molar-refractivity contribution < 1.29 is 4.74 Å². The molecule has 0 radical (unpaired) electrons. The van der Waals surface area contributed by atoms with Gasteiger partial charge in [0, 0.05) is 25.4 Å². The topological polar surface area (TPSA) is 53.1 Å². The summed E-state index contributed by atoms with van der Waals surface area (Å²) in [6.45, 7) is 6.75. The molecule has 72 valence electrons. The summed E-state index contributed by atoms with van der Waals surface area (Å²) >= 11 is 0. The molecule has 0 aliphatic carbocycles. The summed E-state index contributed by atoms with van der Waals surface area (Å²) in [6, 6.07) is 0. The Morgan fingerprint density at radius 3 is 3.00 bits per heavy atom. The molecule has 4 heteroatoms. The monoisotopic (exact) mass is 181 g/mol. The van der Waals surface area contributed by atoms with E-state index < -0.39 is 0 Å². The van der Waals surface area contributed by atoms with Crippen LogP contribution in [0.5, 0.6) is 0 Å². The Kier molecular flexibility index (Phi) is 3.08. The van der Waals surface area contributed by atoms with E-state index in [-0.39, 0.29) is 0 Å². The first-order valence-electron chi connectivity index (χ1n) is 4.23. The quantitative estimate of drug-likeness (QED) is 0.702. The summed E-state index contributed by atoms with van der Waals surface area (Å²) in [5.41, 5.74) is 7.26. The summed E-state index contributed by atoms with van der Waals surface area (Å²) < 4.78 is 6.97. The van der Waals surface area contributed by atoms with Crippen molar-refractivity contribution in [2.24, 2.45) is 12.8 Å². The third-order valence-electron chi connectivity index (χ3n) is 1.71. The molecule has 1 heterocycles. The maximum atomic E-state index is 5.55. The Morgan fingerprint density at radius 1 is 1.77 bits per heavy atom. The fourth-order valence-electron chi connectivity index (χ4n) is 1.16. The van der Waals surface area contributed by atoms with E-state index in [0.29, 0.717) is 18.9 Å². The standard InChI is InChI=1S/C9H15N3O/c1-4-13-7(2)9-8(5-10)6-12(3)11-9/h6H,2,4-5,10H2,1,3H3. The molecule has 4 nitrogen and oxygen atoms in total. The van der Waals surface area contributed by atoms with Gasteiger partial charge in [-0.1, -0.05) is 6.58 Å². The Bertz CT molecular complexity index is 304. The zero-order chi connectivity index (χ0) is 9.84. The molecule has 13 heavy (non-hydrogen) atoms. The largest absolute Gasteiger partial charge is 0.492 e. The van der Waals surface area contributed by atoms with Crippen LogP contribution < -0.4 is 5.73 Å². The van der Waals surface area contributed by atoms with Crippen LogP contribution in [0.4, 0.5) is 0 Å². The van der Waals surface area contributed by atoms with Crippen molar-refractivity contribution >= 4 is 5.76 Å². The summed E-state index contributed by atoms with van der Waals surface area (Å²) in [6.07, 6.45) is 1.87. The first kappa shape index (κ1) is 9.80. The van der Waals surface area contributed by atoms with Gasteiger partial charge in [-0.25, -0.2) is 0 Å². The predicted octanol–water partition coefficient (Wildman–Crippen LogP) is 0.886. The molecule has 1 aromatic heterocycles. The maximum absolute atomic E-state index is 5.55. The molecular weight excluding hydrogens is 166 g/mol. The average molecular weight is 181 g/mol. The van der Waals surface area contributed by atoms with Crippen LogP contribution in [0.3, 0.4) is 0 Å². The number of hydrogen-bond acceptors (Lipinski definition) is 3. The molecule has 0 unspecified atom stereocenters. The summed E-state index contributed by atoms with van der Waals surface area (Å²) in [4.78, 5) is 0. The number of aromatic nitrogens is 2. The first-order valence-corrected chi connectivity index (χ1v) is 4.23. The summed E-state index contributed by atoms with van der Waals surface area (Å²) in [5, 5.41) is 4.21. The van der Waals surface area contributed by atoms with Gasteiger partial charge in [-0.05, 0) is 6.92 Å². The first-order chi connectivity index (χ1) is 6.19. The molecule has 1 rings (SSSR count). The average Bonchev–Trinajstić information content (AvgIpc) is 2.47. The summed E-state index contributed by atoms with van der Waals surface area (Å²) in [7, 11) is 1.85. The van der Waals surface area contributed by atoms with Gasteiger partial charge in [0.2, 0.25) is 0 Å². The van der Waals surface area contributed by atoms with E-state index in [0.717, 1.165) is 11.3 Å². The molecule has 0 aromatic carbocycles. The molecule has 0 aliphatic heterocycles. The van der Waals surface area contributed by atoms with Crippen molar-refractivity contribution in [1.29, 1.82) is 0 Å². The van der Waals surface area contributed by atoms with Gasteiger partial charge >= 0.3 is 0 Å². The molecule has 0 spiro atoms. The normalized spacial score (nSPS) is 10.1. The fourth-order valence-corrected chi connectivity index (χ4v) is 1.16. The second kappa shape index (κ2) is 4.09. The fraction of sp³-hybridized carbons (Fsp3) is 0.444. The van der Waals surface area contributed by atoms with Crippen LogP contribution >= 0.6 is 0 Å². The Balaban J connectivity index is 2.91. The van der Waals surface area contributed by atoms with Crippen molar-refractivity contribution in [2.45, 2.75) is 13.5 Å². The molecule has 0 atom stereocenters. The number of rotatable bonds is 4. The molecular formula is C9H15N3O. The van der Waals surface area contributed by atoms with Crippen LogP contribution in [0.15, 0.2) is 12.8 Å². The minimum atomic E-state index is 0.454. The van der Waals surface area contributed by atoms with Crippen molar-refractivity contribution in [3.8, 4) is 0 Å². The summed E-state index contributed by atoms with van der Waals surface area (Å²) in [5.74, 6) is 0.587. The van der Waals surface area contributed by atoms with Gasteiger partial charge in [-0.2, -0.15) is 5.10 Å². The van der Waals surface area contributed by atoms with Crippen molar-refractivity contribution in [1.82, 2.24) is 9.78 Å². The number of nitrogens with two attached hydrogens (primary N) is 1. The SMILES string of the molecule is C=C(OCC)c1nn(C)cc1CN. The second-order valence-corrected chi connectivity index (χ2v) is 2.74. The molecule has 0 saturated heterocycles. The van der Waals surface area contributed by atoms with E-state index >= 15 is 0 Å². The smallest absolute Gasteiger partial charge is 0.139 e. The van der Waals surface area contributed by atoms with Gasteiger partial charge in [0.05, 0.1) is 6.61 Å². The zero-order valence-electron chi connectivity index (χ0n) is 8.08. The second-order valence-electron chi connectivity index (χ2n) is 2.74. The number of hydrogen-bond donors (Lipinski definition) is 1. The Hall–Kier alpha value is -1.29. The van der Waals surface area contributed by atoms with Gasteiger partial charge < -0.3 is 10.5 Å². The van der Waals surface area contributed by atoms with E-state index in [4.69, 9.17) is 10.5 Å². The lowest BCUT2D eigenvalue weighted by molar-refractivity contribution is 0.297. The number of nitrogens with zero attached hydrogens (tertiary/aromatic N) is 2. The number of ether oxygens (including phenoxy) is 1. The minimum absolute atomic E-state index is 0.454.